The average Bonchev–Trinajstić information content (AvgIpc) is 2.29. The molecular weight excluding hydrogens is 211 g/mol. The first-order valence-electron chi connectivity index (χ1n) is 5.06. The van der Waals surface area contributed by atoms with Gasteiger partial charge in [0.15, 0.2) is 11.6 Å². The zero-order valence-corrected chi connectivity index (χ0v) is 9.46. The number of ether oxygens (including phenoxy) is 2. The first-order chi connectivity index (χ1) is 7.67. The van der Waals surface area contributed by atoms with Crippen molar-refractivity contribution >= 4 is 5.97 Å². The highest BCUT2D eigenvalue weighted by Gasteiger charge is 2.04. The highest BCUT2D eigenvalue weighted by Crippen LogP contribution is 2.18. The maximum absolute atomic E-state index is 13.3. The van der Waals surface area contributed by atoms with Crippen LogP contribution in [-0.4, -0.2) is 20.2 Å². The van der Waals surface area contributed by atoms with Crippen molar-refractivity contribution in [1.29, 1.82) is 0 Å². The quantitative estimate of drug-likeness (QED) is 0.723. The van der Waals surface area contributed by atoms with Crippen molar-refractivity contribution in [2.24, 2.45) is 0 Å². The molecule has 3 nitrogen and oxygen atoms in total. The fourth-order valence-electron chi connectivity index (χ4n) is 1.40. The van der Waals surface area contributed by atoms with E-state index in [1.165, 1.54) is 20.3 Å². The van der Waals surface area contributed by atoms with Gasteiger partial charge in [0.2, 0.25) is 0 Å². The van der Waals surface area contributed by atoms with Gasteiger partial charge in [-0.25, -0.2) is 4.39 Å². The summed E-state index contributed by atoms with van der Waals surface area (Å²) >= 11 is 0. The Balaban J connectivity index is 2.49. The molecule has 0 radical (unpaired) electrons. The summed E-state index contributed by atoms with van der Waals surface area (Å²) in [5, 5.41) is 0. The Bertz CT molecular complexity index is 363. The van der Waals surface area contributed by atoms with Gasteiger partial charge >= 0.3 is 5.97 Å². The van der Waals surface area contributed by atoms with Crippen molar-refractivity contribution in [3.8, 4) is 5.75 Å². The van der Waals surface area contributed by atoms with Crippen LogP contribution >= 0.6 is 0 Å². The fraction of sp³-hybridized carbons (Fsp3) is 0.417. The zero-order valence-electron chi connectivity index (χ0n) is 9.46. The number of carbonyl (C=O) groups excluding carboxylic acids is 1. The van der Waals surface area contributed by atoms with E-state index in [2.05, 4.69) is 4.74 Å². The van der Waals surface area contributed by atoms with E-state index in [9.17, 15) is 9.18 Å². The lowest BCUT2D eigenvalue weighted by Crippen LogP contribution is -2.00. The highest BCUT2D eigenvalue weighted by atomic mass is 19.1. The molecule has 88 valence electrons. The molecule has 0 amide bonds. The van der Waals surface area contributed by atoms with E-state index >= 15 is 0 Å². The molecule has 0 aliphatic rings. The van der Waals surface area contributed by atoms with Gasteiger partial charge < -0.3 is 9.47 Å². The average molecular weight is 226 g/mol. The SMILES string of the molecule is COC(=O)CCCc1ccc(OC)c(F)c1. The highest BCUT2D eigenvalue weighted by molar-refractivity contribution is 5.69. The predicted octanol–water partition coefficient (Wildman–Crippen LogP) is 2.33. The molecule has 0 aliphatic heterocycles. The number of carbonyl (C=O) groups is 1. The molecule has 0 bridgehead atoms. The summed E-state index contributed by atoms with van der Waals surface area (Å²) in [6.45, 7) is 0. The fourth-order valence-corrected chi connectivity index (χ4v) is 1.40. The molecule has 1 aromatic rings. The van der Waals surface area contributed by atoms with Crippen LogP contribution in [0.2, 0.25) is 0 Å². The molecule has 1 rings (SSSR count). The Kier molecular flexibility index (Phi) is 4.76. The number of benzene rings is 1. The number of aryl methyl sites for hydroxylation is 1. The Morgan fingerprint density at radius 1 is 1.38 bits per heavy atom. The van der Waals surface area contributed by atoms with Gasteiger partial charge in [-0.05, 0) is 30.5 Å². The molecule has 0 saturated heterocycles. The topological polar surface area (TPSA) is 35.5 Å². The molecule has 0 heterocycles. The van der Waals surface area contributed by atoms with Crippen LogP contribution in [0.4, 0.5) is 4.39 Å². The van der Waals surface area contributed by atoms with Crippen molar-refractivity contribution in [1.82, 2.24) is 0 Å². The molecule has 0 N–H and O–H groups in total. The first kappa shape index (κ1) is 12.5. The van der Waals surface area contributed by atoms with E-state index < -0.39 is 0 Å². The molecule has 0 atom stereocenters. The van der Waals surface area contributed by atoms with E-state index in [4.69, 9.17) is 4.74 Å². The van der Waals surface area contributed by atoms with Crippen LogP contribution in [0.3, 0.4) is 0 Å². The molecule has 0 saturated carbocycles. The standard InChI is InChI=1S/C12H15FO3/c1-15-11-7-6-9(8-10(11)13)4-3-5-12(14)16-2/h6-8H,3-5H2,1-2H3. The zero-order chi connectivity index (χ0) is 12.0. The third-order valence-electron chi connectivity index (χ3n) is 2.29. The van der Waals surface area contributed by atoms with Crippen molar-refractivity contribution in [2.75, 3.05) is 14.2 Å². The van der Waals surface area contributed by atoms with Crippen LogP contribution in [0.5, 0.6) is 5.75 Å². The largest absolute Gasteiger partial charge is 0.494 e. The minimum Gasteiger partial charge on any atom is -0.494 e. The van der Waals surface area contributed by atoms with Crippen molar-refractivity contribution in [3.05, 3.63) is 29.6 Å². The molecule has 16 heavy (non-hydrogen) atoms. The lowest BCUT2D eigenvalue weighted by molar-refractivity contribution is -0.140. The predicted molar refractivity (Wildman–Crippen MR) is 57.9 cm³/mol. The van der Waals surface area contributed by atoms with Crippen LogP contribution in [0.25, 0.3) is 0 Å². The third-order valence-corrected chi connectivity index (χ3v) is 2.29. The van der Waals surface area contributed by atoms with Gasteiger partial charge in [-0.2, -0.15) is 0 Å². The monoisotopic (exact) mass is 226 g/mol. The minimum absolute atomic E-state index is 0.233. The molecule has 0 spiro atoms. The second-order valence-electron chi connectivity index (χ2n) is 3.40. The summed E-state index contributed by atoms with van der Waals surface area (Å²) < 4.78 is 22.6. The van der Waals surface area contributed by atoms with Gasteiger partial charge in [-0.1, -0.05) is 6.07 Å². The Hall–Kier alpha value is -1.58. The second-order valence-corrected chi connectivity index (χ2v) is 3.40. The normalized spacial score (nSPS) is 9.94. The number of rotatable bonds is 5. The van der Waals surface area contributed by atoms with Crippen LogP contribution in [-0.2, 0) is 16.0 Å². The molecule has 0 aliphatic carbocycles. The Labute approximate surface area is 94.2 Å². The smallest absolute Gasteiger partial charge is 0.305 e. The van der Waals surface area contributed by atoms with Crippen LogP contribution in [0, 0.1) is 5.82 Å². The van der Waals surface area contributed by atoms with Gasteiger partial charge in [-0.15, -0.1) is 0 Å². The maximum Gasteiger partial charge on any atom is 0.305 e. The van der Waals surface area contributed by atoms with Gasteiger partial charge in [0, 0.05) is 6.42 Å². The van der Waals surface area contributed by atoms with Crippen molar-refractivity contribution < 1.29 is 18.7 Å². The minimum atomic E-state index is -0.377. The van der Waals surface area contributed by atoms with E-state index in [1.807, 2.05) is 0 Å². The Morgan fingerprint density at radius 2 is 2.12 bits per heavy atom. The maximum atomic E-state index is 13.3. The number of methoxy groups -OCH3 is 2. The van der Waals surface area contributed by atoms with E-state index in [0.29, 0.717) is 19.3 Å². The van der Waals surface area contributed by atoms with E-state index in [1.54, 1.807) is 12.1 Å². The summed E-state index contributed by atoms with van der Waals surface area (Å²) in [5.41, 5.74) is 0.849. The summed E-state index contributed by atoms with van der Waals surface area (Å²) in [4.78, 5) is 10.9. The number of esters is 1. The summed E-state index contributed by atoms with van der Waals surface area (Å²) in [6, 6.07) is 4.80. The van der Waals surface area contributed by atoms with Crippen molar-refractivity contribution in [3.63, 3.8) is 0 Å². The molecular formula is C12H15FO3. The van der Waals surface area contributed by atoms with Crippen LogP contribution in [0.1, 0.15) is 18.4 Å². The summed E-state index contributed by atoms with van der Waals surface area (Å²) in [5.74, 6) is -0.385. The number of hydrogen-bond acceptors (Lipinski definition) is 3. The molecule has 0 unspecified atom stereocenters. The first-order valence-corrected chi connectivity index (χ1v) is 5.06. The van der Waals surface area contributed by atoms with Gasteiger partial charge in [-0.3, -0.25) is 4.79 Å². The lowest BCUT2D eigenvalue weighted by atomic mass is 10.1. The number of hydrogen-bond donors (Lipinski definition) is 0. The summed E-state index contributed by atoms with van der Waals surface area (Å²) in [7, 11) is 2.78. The van der Waals surface area contributed by atoms with Gasteiger partial charge in [0.05, 0.1) is 14.2 Å². The van der Waals surface area contributed by atoms with Gasteiger partial charge in [0.25, 0.3) is 0 Å². The van der Waals surface area contributed by atoms with Gasteiger partial charge in [0.1, 0.15) is 0 Å². The summed E-state index contributed by atoms with van der Waals surface area (Å²) in [6.07, 6.45) is 1.65. The van der Waals surface area contributed by atoms with E-state index in [-0.39, 0.29) is 17.5 Å². The molecule has 4 heteroatoms. The number of halogens is 1. The van der Waals surface area contributed by atoms with Crippen LogP contribution < -0.4 is 4.74 Å². The Morgan fingerprint density at radius 3 is 2.69 bits per heavy atom. The lowest BCUT2D eigenvalue weighted by Gasteiger charge is -2.04. The molecule has 0 fully saturated rings. The second kappa shape index (κ2) is 6.10. The third kappa shape index (κ3) is 3.53. The molecule has 0 aromatic heterocycles. The molecule has 1 aromatic carbocycles. The van der Waals surface area contributed by atoms with E-state index in [0.717, 1.165) is 5.56 Å². The van der Waals surface area contributed by atoms with Crippen molar-refractivity contribution in [2.45, 2.75) is 19.3 Å². The van der Waals surface area contributed by atoms with Crippen LogP contribution in [0.15, 0.2) is 18.2 Å².